The highest BCUT2D eigenvalue weighted by Gasteiger charge is 2.30. The Morgan fingerprint density at radius 1 is 1.27 bits per heavy atom. The van der Waals surface area contributed by atoms with Gasteiger partial charge >= 0.3 is 12.1 Å². The van der Waals surface area contributed by atoms with Crippen molar-refractivity contribution in [1.29, 1.82) is 0 Å². The normalized spacial score (nSPS) is 16.8. The summed E-state index contributed by atoms with van der Waals surface area (Å²) >= 11 is 0. The van der Waals surface area contributed by atoms with E-state index in [9.17, 15) is 22.8 Å². The molecule has 9 heteroatoms. The number of benzene rings is 1. The predicted octanol–water partition coefficient (Wildman–Crippen LogP) is 1.05. The Kier molecular flexibility index (Phi) is 4.74. The molecule has 1 aliphatic heterocycles. The monoisotopic (exact) mass is 319 g/mol. The van der Waals surface area contributed by atoms with Crippen LogP contribution >= 0.6 is 0 Å². The number of carbonyl (C=O) groups is 2. The van der Waals surface area contributed by atoms with Crippen LogP contribution in [-0.2, 0) is 14.3 Å². The number of carbonyl (C=O) groups excluding carboxylic acids is 2. The van der Waals surface area contributed by atoms with E-state index in [-0.39, 0.29) is 6.61 Å². The summed E-state index contributed by atoms with van der Waals surface area (Å²) in [6.07, 6.45) is -5.60. The van der Waals surface area contributed by atoms with Crippen LogP contribution in [0.15, 0.2) is 24.3 Å². The topological polar surface area (TPSA) is 73.9 Å². The second kappa shape index (κ2) is 6.54. The van der Waals surface area contributed by atoms with Gasteiger partial charge in [0.1, 0.15) is 13.2 Å². The number of rotatable bonds is 4. The van der Waals surface area contributed by atoms with Crippen LogP contribution in [0.3, 0.4) is 0 Å². The van der Waals surface area contributed by atoms with Crippen LogP contribution in [0.2, 0.25) is 0 Å². The number of fused-ring (bicyclic) bond motifs is 1. The van der Waals surface area contributed by atoms with Crippen LogP contribution in [0.1, 0.15) is 0 Å². The minimum atomic E-state index is -4.52. The van der Waals surface area contributed by atoms with Crippen molar-refractivity contribution in [2.24, 2.45) is 0 Å². The van der Waals surface area contributed by atoms with Crippen LogP contribution in [0.4, 0.5) is 13.2 Å². The molecule has 22 heavy (non-hydrogen) atoms. The lowest BCUT2D eigenvalue weighted by atomic mass is 10.2. The van der Waals surface area contributed by atoms with Crippen molar-refractivity contribution in [3.05, 3.63) is 24.3 Å². The molecule has 1 aliphatic rings. The van der Waals surface area contributed by atoms with Gasteiger partial charge < -0.3 is 19.5 Å². The highest BCUT2D eigenvalue weighted by molar-refractivity contribution is 5.82. The maximum Gasteiger partial charge on any atom is 0.405 e. The zero-order valence-corrected chi connectivity index (χ0v) is 11.2. The lowest BCUT2D eigenvalue weighted by Gasteiger charge is -2.24. The molecule has 6 nitrogen and oxygen atoms in total. The van der Waals surface area contributed by atoms with Gasteiger partial charge in [-0.2, -0.15) is 13.2 Å². The number of alkyl halides is 3. The number of esters is 1. The smallest absolute Gasteiger partial charge is 0.405 e. The molecular weight excluding hydrogens is 307 g/mol. The SMILES string of the molecule is O=C(COC(=O)[C@@H]1COc2ccccc2O1)NCC(F)(F)F. The molecule has 0 bridgehead atoms. The fourth-order valence-electron chi connectivity index (χ4n) is 1.62. The van der Waals surface area contributed by atoms with E-state index in [2.05, 4.69) is 4.74 Å². The first kappa shape index (κ1) is 15.9. The molecule has 0 saturated heterocycles. The van der Waals surface area contributed by atoms with Gasteiger partial charge in [-0.25, -0.2) is 4.79 Å². The van der Waals surface area contributed by atoms with Gasteiger partial charge in [-0.1, -0.05) is 12.1 Å². The van der Waals surface area contributed by atoms with Crippen molar-refractivity contribution < 1.29 is 37.0 Å². The van der Waals surface area contributed by atoms with Gasteiger partial charge in [0.25, 0.3) is 5.91 Å². The first-order valence-corrected chi connectivity index (χ1v) is 6.24. The molecule has 1 atom stereocenters. The molecule has 0 radical (unpaired) electrons. The largest absolute Gasteiger partial charge is 0.485 e. The Labute approximate surface area is 123 Å². The highest BCUT2D eigenvalue weighted by Crippen LogP contribution is 2.31. The molecule has 0 aromatic heterocycles. The minimum absolute atomic E-state index is 0.111. The molecule has 120 valence electrons. The summed E-state index contributed by atoms with van der Waals surface area (Å²) in [5, 5.41) is 1.58. The van der Waals surface area contributed by atoms with Gasteiger partial charge in [0, 0.05) is 0 Å². The van der Waals surface area contributed by atoms with Gasteiger partial charge in [0.15, 0.2) is 18.1 Å². The van der Waals surface area contributed by atoms with Gasteiger partial charge in [0.2, 0.25) is 6.10 Å². The molecule has 0 saturated carbocycles. The van der Waals surface area contributed by atoms with Crippen molar-refractivity contribution in [3.63, 3.8) is 0 Å². The number of hydrogen-bond donors (Lipinski definition) is 1. The van der Waals surface area contributed by atoms with Gasteiger partial charge in [0.05, 0.1) is 0 Å². The molecule has 1 aromatic rings. The summed E-state index contributed by atoms with van der Waals surface area (Å²) < 4.78 is 50.9. The van der Waals surface area contributed by atoms with Crippen LogP contribution < -0.4 is 14.8 Å². The second-order valence-electron chi connectivity index (χ2n) is 4.36. The van der Waals surface area contributed by atoms with Crippen LogP contribution in [-0.4, -0.2) is 43.9 Å². The summed E-state index contributed by atoms with van der Waals surface area (Å²) in [6.45, 7) is -2.42. The zero-order valence-electron chi connectivity index (χ0n) is 11.2. The third kappa shape index (κ3) is 4.54. The maximum absolute atomic E-state index is 11.9. The average Bonchev–Trinajstić information content (AvgIpc) is 2.49. The van der Waals surface area contributed by atoms with Crippen LogP contribution in [0.5, 0.6) is 11.5 Å². The Morgan fingerprint density at radius 3 is 2.64 bits per heavy atom. The highest BCUT2D eigenvalue weighted by atomic mass is 19.4. The molecule has 2 rings (SSSR count). The molecule has 1 amide bonds. The minimum Gasteiger partial charge on any atom is -0.485 e. The summed E-state index contributed by atoms with van der Waals surface area (Å²) in [5.74, 6) is -1.13. The Bertz CT molecular complexity index is 561. The number of hydrogen-bond acceptors (Lipinski definition) is 5. The summed E-state index contributed by atoms with van der Waals surface area (Å²) in [6, 6.07) is 6.65. The number of nitrogens with one attached hydrogen (secondary N) is 1. The molecular formula is C13H12F3NO5. The van der Waals surface area contributed by atoms with Gasteiger partial charge in [-0.15, -0.1) is 0 Å². The van der Waals surface area contributed by atoms with Crippen LogP contribution in [0, 0.1) is 0 Å². The van der Waals surface area contributed by atoms with Crippen molar-refractivity contribution in [2.75, 3.05) is 19.8 Å². The number of halogens is 3. The van der Waals surface area contributed by atoms with E-state index < -0.39 is 37.3 Å². The first-order chi connectivity index (χ1) is 10.3. The Morgan fingerprint density at radius 2 is 1.95 bits per heavy atom. The summed E-state index contributed by atoms with van der Waals surface area (Å²) in [4.78, 5) is 22.8. The van der Waals surface area contributed by atoms with E-state index in [1.165, 1.54) is 0 Å². The van der Waals surface area contributed by atoms with E-state index in [1.54, 1.807) is 29.6 Å². The molecule has 1 heterocycles. The molecule has 0 aliphatic carbocycles. The van der Waals surface area contributed by atoms with E-state index in [0.717, 1.165) is 0 Å². The van der Waals surface area contributed by atoms with Crippen molar-refractivity contribution in [2.45, 2.75) is 12.3 Å². The number of amides is 1. The van der Waals surface area contributed by atoms with Gasteiger partial charge in [-0.3, -0.25) is 4.79 Å². The quantitative estimate of drug-likeness (QED) is 0.840. The second-order valence-corrected chi connectivity index (χ2v) is 4.36. The van der Waals surface area contributed by atoms with Crippen LogP contribution in [0.25, 0.3) is 0 Å². The van der Waals surface area contributed by atoms with E-state index in [4.69, 9.17) is 9.47 Å². The summed E-state index contributed by atoms with van der Waals surface area (Å²) in [5.41, 5.74) is 0. The van der Waals surface area contributed by atoms with Crippen molar-refractivity contribution in [3.8, 4) is 11.5 Å². The lowest BCUT2D eigenvalue weighted by molar-refractivity contribution is -0.159. The fraction of sp³-hybridized carbons (Fsp3) is 0.385. The molecule has 1 N–H and O–H groups in total. The fourth-order valence-corrected chi connectivity index (χ4v) is 1.62. The van der Waals surface area contributed by atoms with Crippen molar-refractivity contribution in [1.82, 2.24) is 5.32 Å². The van der Waals surface area contributed by atoms with Crippen molar-refractivity contribution >= 4 is 11.9 Å². The number of para-hydroxylation sites is 2. The zero-order chi connectivity index (χ0) is 16.2. The van der Waals surface area contributed by atoms with Gasteiger partial charge in [-0.05, 0) is 12.1 Å². The molecule has 0 spiro atoms. The van der Waals surface area contributed by atoms with E-state index in [0.29, 0.717) is 11.5 Å². The Hall–Kier alpha value is -2.45. The Balaban J connectivity index is 1.78. The molecule has 0 fully saturated rings. The number of ether oxygens (including phenoxy) is 3. The average molecular weight is 319 g/mol. The lowest BCUT2D eigenvalue weighted by Crippen LogP contribution is -2.41. The van der Waals surface area contributed by atoms with E-state index in [1.807, 2.05) is 0 Å². The van der Waals surface area contributed by atoms with E-state index >= 15 is 0 Å². The predicted molar refractivity (Wildman–Crippen MR) is 66.4 cm³/mol. The summed E-state index contributed by atoms with van der Waals surface area (Å²) in [7, 11) is 0. The third-order valence-corrected chi connectivity index (χ3v) is 2.60. The third-order valence-electron chi connectivity index (χ3n) is 2.60. The first-order valence-electron chi connectivity index (χ1n) is 6.24. The molecule has 1 aromatic carbocycles. The molecule has 0 unspecified atom stereocenters. The maximum atomic E-state index is 11.9. The standard InChI is InChI=1S/C13H12F3NO5/c14-13(15,16)7-17-11(18)6-21-12(19)10-5-20-8-3-1-2-4-9(8)22-10/h1-4,10H,5-7H2,(H,17,18)/t10-/m0/s1.